The lowest BCUT2D eigenvalue weighted by Gasteiger charge is -2.19. The lowest BCUT2D eigenvalue weighted by molar-refractivity contribution is 0.0801. The predicted octanol–water partition coefficient (Wildman–Crippen LogP) is 4.03. The summed E-state index contributed by atoms with van der Waals surface area (Å²) in [4.78, 5) is 29.0. The number of fused-ring (bicyclic) bond motifs is 1. The molecule has 0 spiro atoms. The Balaban J connectivity index is 1.60. The highest BCUT2D eigenvalue weighted by molar-refractivity contribution is 6.34. The number of hydrogen-bond acceptors (Lipinski definition) is 3. The number of aliphatic imine (C=N–C) groups is 1. The molecule has 2 N–H and O–H groups in total. The Morgan fingerprint density at radius 1 is 1.38 bits per heavy atom. The van der Waals surface area contributed by atoms with Crippen LogP contribution < -0.4 is 0 Å². The summed E-state index contributed by atoms with van der Waals surface area (Å²) in [6.07, 6.45) is 10.8. The molecule has 6 nitrogen and oxygen atoms in total. The average Bonchev–Trinajstić information content (AvgIpc) is 3.31. The average molecular weight is 368 g/mol. The second-order valence-corrected chi connectivity index (χ2v) is 6.75. The summed E-state index contributed by atoms with van der Waals surface area (Å²) < 4.78 is 0. The largest absolute Gasteiger partial charge is 0.357 e. The van der Waals surface area contributed by atoms with Crippen LogP contribution in [0.2, 0.25) is 5.02 Å². The zero-order valence-electron chi connectivity index (χ0n) is 14.3. The number of rotatable bonds is 4. The second-order valence-electron chi connectivity index (χ2n) is 6.34. The van der Waals surface area contributed by atoms with E-state index in [0.717, 1.165) is 40.6 Å². The van der Waals surface area contributed by atoms with Gasteiger partial charge in [0.15, 0.2) is 0 Å². The fourth-order valence-electron chi connectivity index (χ4n) is 3.19. The molecule has 1 amide bonds. The molecule has 26 heavy (non-hydrogen) atoms. The van der Waals surface area contributed by atoms with Crippen LogP contribution in [0.3, 0.4) is 0 Å². The first-order chi connectivity index (χ1) is 12.6. The van der Waals surface area contributed by atoms with Gasteiger partial charge < -0.3 is 14.9 Å². The number of pyridine rings is 1. The molecule has 0 unspecified atom stereocenters. The zero-order valence-corrected chi connectivity index (χ0v) is 15.0. The minimum Gasteiger partial charge on any atom is -0.357 e. The fraction of sp³-hybridized carbons (Fsp3) is 0.211. The van der Waals surface area contributed by atoms with Crippen LogP contribution in [0.5, 0.6) is 0 Å². The summed E-state index contributed by atoms with van der Waals surface area (Å²) in [5.41, 5.74) is 4.17. The first-order valence-corrected chi connectivity index (χ1v) is 8.76. The van der Waals surface area contributed by atoms with Crippen molar-refractivity contribution in [2.45, 2.75) is 12.8 Å². The van der Waals surface area contributed by atoms with E-state index in [1.165, 1.54) is 0 Å². The first kappa shape index (κ1) is 16.6. The molecule has 0 fully saturated rings. The van der Waals surface area contributed by atoms with Crippen molar-refractivity contribution in [2.24, 2.45) is 4.99 Å². The monoisotopic (exact) mass is 367 g/mol. The Bertz CT molecular complexity index is 1030. The topological polar surface area (TPSA) is 77.1 Å². The van der Waals surface area contributed by atoms with E-state index in [9.17, 15) is 4.79 Å². The highest BCUT2D eigenvalue weighted by atomic mass is 35.5. The Morgan fingerprint density at radius 3 is 3.08 bits per heavy atom. The number of aromatic nitrogens is 3. The number of nitrogens with one attached hydrogen (secondary N) is 2. The summed E-state index contributed by atoms with van der Waals surface area (Å²) in [5, 5.41) is 1.47. The van der Waals surface area contributed by atoms with Gasteiger partial charge in [0.1, 0.15) is 11.3 Å². The molecule has 4 heterocycles. The highest BCUT2D eigenvalue weighted by Gasteiger charge is 2.18. The van der Waals surface area contributed by atoms with E-state index in [4.69, 9.17) is 11.6 Å². The number of hydrogen-bond donors (Lipinski definition) is 2. The maximum absolute atomic E-state index is 12.7. The number of likely N-dealkylation sites (N-methyl/N-ethyl adjacent to an activating group) is 1. The molecule has 4 rings (SSSR count). The number of aromatic amines is 2. The molecular weight excluding hydrogens is 350 g/mol. The van der Waals surface area contributed by atoms with Crippen molar-refractivity contribution in [3.05, 3.63) is 53.2 Å². The molecule has 3 aromatic rings. The molecule has 1 aliphatic rings. The minimum atomic E-state index is -0.0674. The van der Waals surface area contributed by atoms with Gasteiger partial charge in [0.05, 0.1) is 5.02 Å². The molecule has 3 aromatic heterocycles. The third kappa shape index (κ3) is 3.04. The number of amides is 1. The minimum absolute atomic E-state index is 0.0674. The molecule has 0 saturated carbocycles. The van der Waals surface area contributed by atoms with E-state index >= 15 is 0 Å². The fourth-order valence-corrected chi connectivity index (χ4v) is 3.45. The van der Waals surface area contributed by atoms with E-state index in [1.807, 2.05) is 30.7 Å². The Labute approximate surface area is 155 Å². The van der Waals surface area contributed by atoms with Gasteiger partial charge in [0, 0.05) is 61.1 Å². The van der Waals surface area contributed by atoms with Gasteiger partial charge in [-0.05, 0) is 30.5 Å². The third-order valence-corrected chi connectivity index (χ3v) is 4.77. The van der Waals surface area contributed by atoms with Crippen LogP contribution >= 0.6 is 11.6 Å². The maximum atomic E-state index is 12.7. The van der Waals surface area contributed by atoms with Crippen LogP contribution in [-0.2, 0) is 0 Å². The standard InChI is InChI=1S/C19H18ClN5O/c1-25(11-12-3-2-5-21-8-12)19(26)16-7-13(9-23-16)17-14-4-6-22-18(14)24-10-15(17)20/h4-10,23H,2-3,11H2,1H3,(H,22,24). The van der Waals surface area contributed by atoms with Gasteiger partial charge in [-0.15, -0.1) is 0 Å². The highest BCUT2D eigenvalue weighted by Crippen LogP contribution is 2.34. The quantitative estimate of drug-likeness (QED) is 0.730. The van der Waals surface area contributed by atoms with Gasteiger partial charge in [-0.3, -0.25) is 9.79 Å². The van der Waals surface area contributed by atoms with Crippen molar-refractivity contribution in [1.29, 1.82) is 0 Å². The maximum Gasteiger partial charge on any atom is 0.270 e. The van der Waals surface area contributed by atoms with Crippen LogP contribution in [0, 0.1) is 0 Å². The molecule has 132 valence electrons. The zero-order chi connectivity index (χ0) is 18.1. The van der Waals surface area contributed by atoms with Crippen molar-refractivity contribution >= 4 is 34.8 Å². The smallest absolute Gasteiger partial charge is 0.270 e. The number of nitrogens with zero attached hydrogens (tertiary/aromatic N) is 3. The van der Waals surface area contributed by atoms with Gasteiger partial charge in [0.25, 0.3) is 5.91 Å². The van der Waals surface area contributed by atoms with Gasteiger partial charge >= 0.3 is 0 Å². The Hall–Kier alpha value is -2.86. The van der Waals surface area contributed by atoms with Gasteiger partial charge in [0.2, 0.25) is 0 Å². The lowest BCUT2D eigenvalue weighted by atomic mass is 10.1. The van der Waals surface area contributed by atoms with Crippen LogP contribution in [0.25, 0.3) is 22.2 Å². The van der Waals surface area contributed by atoms with Crippen molar-refractivity contribution in [2.75, 3.05) is 13.6 Å². The SMILES string of the molecule is CN(CC1=CN=CCC1)C(=O)c1cc(-c2c(Cl)cnc3[nH]ccc23)c[nH]1. The van der Waals surface area contributed by atoms with Crippen LogP contribution in [-0.4, -0.2) is 45.6 Å². The molecule has 0 radical (unpaired) electrons. The molecule has 1 aliphatic heterocycles. The Kier molecular flexibility index (Phi) is 4.34. The van der Waals surface area contributed by atoms with Gasteiger partial charge in [-0.2, -0.15) is 0 Å². The second kappa shape index (κ2) is 6.80. The molecule has 0 aromatic carbocycles. The van der Waals surface area contributed by atoms with E-state index in [2.05, 4.69) is 19.9 Å². The summed E-state index contributed by atoms with van der Waals surface area (Å²) in [6, 6.07) is 3.76. The van der Waals surface area contributed by atoms with E-state index < -0.39 is 0 Å². The van der Waals surface area contributed by atoms with Crippen molar-refractivity contribution in [3.8, 4) is 11.1 Å². The summed E-state index contributed by atoms with van der Waals surface area (Å²) in [7, 11) is 1.80. The van der Waals surface area contributed by atoms with Crippen molar-refractivity contribution < 1.29 is 4.79 Å². The third-order valence-electron chi connectivity index (χ3n) is 4.49. The molecule has 0 aliphatic carbocycles. The van der Waals surface area contributed by atoms with E-state index in [-0.39, 0.29) is 5.91 Å². The van der Waals surface area contributed by atoms with Crippen LogP contribution in [0.15, 0.2) is 47.5 Å². The molecule has 0 saturated heterocycles. The lowest BCUT2D eigenvalue weighted by Crippen LogP contribution is -2.29. The van der Waals surface area contributed by atoms with Crippen LogP contribution in [0.1, 0.15) is 23.3 Å². The number of H-pyrrole nitrogens is 2. The van der Waals surface area contributed by atoms with Crippen LogP contribution in [0.4, 0.5) is 0 Å². The number of carbonyl (C=O) groups is 1. The van der Waals surface area contributed by atoms with Gasteiger partial charge in [-0.25, -0.2) is 4.98 Å². The molecule has 0 atom stereocenters. The summed E-state index contributed by atoms with van der Waals surface area (Å²) in [6.45, 7) is 0.572. The number of carbonyl (C=O) groups excluding carboxylic acids is 1. The van der Waals surface area contributed by atoms with Crippen molar-refractivity contribution in [3.63, 3.8) is 0 Å². The van der Waals surface area contributed by atoms with E-state index in [0.29, 0.717) is 17.3 Å². The molecular formula is C19H18ClN5O. The number of halogens is 1. The van der Waals surface area contributed by atoms with Gasteiger partial charge in [-0.1, -0.05) is 11.6 Å². The van der Waals surface area contributed by atoms with E-state index in [1.54, 1.807) is 24.3 Å². The molecule has 7 heteroatoms. The normalized spacial score (nSPS) is 13.8. The summed E-state index contributed by atoms with van der Waals surface area (Å²) >= 11 is 6.37. The van der Waals surface area contributed by atoms with Crippen molar-refractivity contribution in [1.82, 2.24) is 19.9 Å². The predicted molar refractivity (Wildman–Crippen MR) is 104 cm³/mol. The molecule has 0 bridgehead atoms. The Morgan fingerprint density at radius 2 is 2.27 bits per heavy atom. The first-order valence-electron chi connectivity index (χ1n) is 8.39. The summed E-state index contributed by atoms with van der Waals surface area (Å²) in [5.74, 6) is -0.0674.